The monoisotopic (exact) mass is 247 g/mol. The van der Waals surface area contributed by atoms with Crippen molar-refractivity contribution in [3.05, 3.63) is 51.7 Å². The van der Waals surface area contributed by atoms with Gasteiger partial charge in [-0.05, 0) is 30.0 Å². The molecule has 0 radical (unpaired) electrons. The minimum Gasteiger partial charge on any atom is -0.380 e. The van der Waals surface area contributed by atoms with Gasteiger partial charge < -0.3 is 10.1 Å². The number of hydrogen-bond donors (Lipinski definition) is 1. The van der Waals surface area contributed by atoms with Gasteiger partial charge in [0.25, 0.3) is 0 Å². The number of anilines is 1. The van der Waals surface area contributed by atoms with Gasteiger partial charge in [0.05, 0.1) is 6.61 Å². The zero-order chi connectivity index (χ0) is 12.1. The molecule has 0 saturated heterocycles. The predicted octanol–water partition coefficient (Wildman–Crippen LogP) is 3.82. The van der Waals surface area contributed by atoms with Crippen LogP contribution in [0.5, 0.6) is 0 Å². The van der Waals surface area contributed by atoms with Crippen LogP contribution in [0, 0.1) is 6.92 Å². The molecule has 0 aliphatic heterocycles. The maximum atomic E-state index is 5.19. The maximum absolute atomic E-state index is 5.19. The molecule has 0 aliphatic carbocycles. The van der Waals surface area contributed by atoms with E-state index in [1.807, 2.05) is 12.1 Å². The van der Waals surface area contributed by atoms with E-state index in [-0.39, 0.29) is 0 Å². The van der Waals surface area contributed by atoms with Crippen molar-refractivity contribution in [1.29, 1.82) is 0 Å². The molecule has 0 bridgehead atoms. The van der Waals surface area contributed by atoms with E-state index < -0.39 is 0 Å². The molecule has 0 atom stereocenters. The van der Waals surface area contributed by atoms with E-state index in [1.54, 1.807) is 18.4 Å². The van der Waals surface area contributed by atoms with Crippen LogP contribution in [0.3, 0.4) is 0 Å². The molecule has 1 aromatic carbocycles. The van der Waals surface area contributed by atoms with Gasteiger partial charge in [-0.3, -0.25) is 0 Å². The fraction of sp³-hybridized carbons (Fsp3) is 0.286. The van der Waals surface area contributed by atoms with Crippen LogP contribution in [0.25, 0.3) is 0 Å². The normalized spacial score (nSPS) is 10.5. The Bertz CT molecular complexity index is 479. The van der Waals surface area contributed by atoms with Crippen LogP contribution in [0.4, 0.5) is 5.69 Å². The third kappa shape index (κ3) is 3.08. The van der Waals surface area contributed by atoms with E-state index in [9.17, 15) is 0 Å². The standard InChI is InChI=1S/C14H17NOS/c1-11-7-8-17-14(11)9-15-13-6-4-3-5-12(13)10-16-2/h3-8,15H,9-10H2,1-2H3. The highest BCUT2D eigenvalue weighted by Gasteiger charge is 2.03. The van der Waals surface area contributed by atoms with Gasteiger partial charge in [-0.15, -0.1) is 11.3 Å². The number of thiophene rings is 1. The molecule has 0 fully saturated rings. The van der Waals surface area contributed by atoms with Crippen molar-refractivity contribution in [2.45, 2.75) is 20.1 Å². The highest BCUT2D eigenvalue weighted by atomic mass is 32.1. The lowest BCUT2D eigenvalue weighted by Gasteiger charge is -2.11. The van der Waals surface area contributed by atoms with Crippen LogP contribution >= 0.6 is 11.3 Å². The van der Waals surface area contributed by atoms with Crippen molar-refractivity contribution in [3.63, 3.8) is 0 Å². The van der Waals surface area contributed by atoms with E-state index in [0.29, 0.717) is 6.61 Å². The Morgan fingerprint density at radius 3 is 2.76 bits per heavy atom. The molecule has 1 aromatic heterocycles. The van der Waals surface area contributed by atoms with Crippen LogP contribution in [0.2, 0.25) is 0 Å². The smallest absolute Gasteiger partial charge is 0.0733 e. The summed E-state index contributed by atoms with van der Waals surface area (Å²) in [7, 11) is 1.72. The molecule has 1 N–H and O–H groups in total. The average molecular weight is 247 g/mol. The van der Waals surface area contributed by atoms with Crippen LogP contribution in [0.1, 0.15) is 16.0 Å². The second-order valence-corrected chi connectivity index (χ2v) is 4.97. The van der Waals surface area contributed by atoms with Crippen LogP contribution in [-0.2, 0) is 17.9 Å². The number of nitrogens with one attached hydrogen (secondary N) is 1. The number of ether oxygens (including phenoxy) is 1. The average Bonchev–Trinajstić information content (AvgIpc) is 2.74. The Morgan fingerprint density at radius 2 is 2.06 bits per heavy atom. The zero-order valence-electron chi connectivity index (χ0n) is 10.2. The number of aryl methyl sites for hydroxylation is 1. The summed E-state index contributed by atoms with van der Waals surface area (Å²) >= 11 is 1.79. The SMILES string of the molecule is COCc1ccccc1NCc1sccc1C. The third-order valence-electron chi connectivity index (χ3n) is 2.72. The fourth-order valence-electron chi connectivity index (χ4n) is 1.73. The Balaban J connectivity index is 2.06. The van der Waals surface area contributed by atoms with Gasteiger partial charge in [0.2, 0.25) is 0 Å². The molecule has 1 heterocycles. The lowest BCUT2D eigenvalue weighted by molar-refractivity contribution is 0.185. The molecular formula is C14H17NOS. The highest BCUT2D eigenvalue weighted by molar-refractivity contribution is 7.10. The number of rotatable bonds is 5. The summed E-state index contributed by atoms with van der Waals surface area (Å²) in [5.41, 5.74) is 3.71. The summed E-state index contributed by atoms with van der Waals surface area (Å²) in [5.74, 6) is 0. The van der Waals surface area contributed by atoms with Gasteiger partial charge in [-0.1, -0.05) is 18.2 Å². The summed E-state index contributed by atoms with van der Waals surface area (Å²) < 4.78 is 5.19. The van der Waals surface area contributed by atoms with Gasteiger partial charge in [0.15, 0.2) is 0 Å². The fourth-order valence-corrected chi connectivity index (χ4v) is 2.58. The predicted molar refractivity (Wildman–Crippen MR) is 73.5 cm³/mol. The second kappa shape index (κ2) is 5.84. The number of hydrogen-bond acceptors (Lipinski definition) is 3. The minimum atomic E-state index is 0.645. The Hall–Kier alpha value is -1.32. The molecule has 2 aromatic rings. The van der Waals surface area contributed by atoms with Gasteiger partial charge in [0.1, 0.15) is 0 Å². The van der Waals surface area contributed by atoms with E-state index in [0.717, 1.165) is 12.2 Å². The first-order chi connectivity index (χ1) is 8.31. The molecule has 2 rings (SSSR count). The minimum absolute atomic E-state index is 0.645. The van der Waals surface area contributed by atoms with Gasteiger partial charge in [0, 0.05) is 29.8 Å². The first-order valence-electron chi connectivity index (χ1n) is 5.65. The molecule has 0 unspecified atom stereocenters. The number of methoxy groups -OCH3 is 1. The molecule has 0 aliphatic rings. The lowest BCUT2D eigenvalue weighted by atomic mass is 10.2. The topological polar surface area (TPSA) is 21.3 Å². The van der Waals surface area contributed by atoms with Crippen molar-refractivity contribution < 1.29 is 4.74 Å². The molecule has 17 heavy (non-hydrogen) atoms. The highest BCUT2D eigenvalue weighted by Crippen LogP contribution is 2.20. The number of para-hydroxylation sites is 1. The summed E-state index contributed by atoms with van der Waals surface area (Å²) in [5, 5.41) is 5.60. The Labute approximate surface area is 106 Å². The first-order valence-corrected chi connectivity index (χ1v) is 6.53. The van der Waals surface area contributed by atoms with Gasteiger partial charge >= 0.3 is 0 Å². The van der Waals surface area contributed by atoms with Crippen molar-refractivity contribution in [3.8, 4) is 0 Å². The van der Waals surface area contributed by atoms with Gasteiger partial charge in [-0.25, -0.2) is 0 Å². The molecule has 0 saturated carbocycles. The third-order valence-corrected chi connectivity index (χ3v) is 3.75. The lowest BCUT2D eigenvalue weighted by Crippen LogP contribution is -2.02. The van der Waals surface area contributed by atoms with Gasteiger partial charge in [-0.2, -0.15) is 0 Å². The first kappa shape index (κ1) is 12.1. The van der Waals surface area contributed by atoms with E-state index in [4.69, 9.17) is 4.74 Å². The van der Waals surface area contributed by atoms with E-state index in [1.165, 1.54) is 16.0 Å². The summed E-state index contributed by atoms with van der Waals surface area (Å²) in [6.07, 6.45) is 0. The molecule has 90 valence electrons. The summed E-state index contributed by atoms with van der Waals surface area (Å²) in [6, 6.07) is 10.4. The van der Waals surface area contributed by atoms with E-state index >= 15 is 0 Å². The van der Waals surface area contributed by atoms with E-state index in [2.05, 4.69) is 35.8 Å². The zero-order valence-corrected chi connectivity index (χ0v) is 11.0. The van der Waals surface area contributed by atoms with Crippen LogP contribution in [-0.4, -0.2) is 7.11 Å². The molecule has 3 heteroatoms. The van der Waals surface area contributed by atoms with Crippen molar-refractivity contribution in [1.82, 2.24) is 0 Å². The van der Waals surface area contributed by atoms with Crippen molar-refractivity contribution in [2.75, 3.05) is 12.4 Å². The quantitative estimate of drug-likeness (QED) is 0.867. The van der Waals surface area contributed by atoms with Crippen molar-refractivity contribution >= 4 is 17.0 Å². The van der Waals surface area contributed by atoms with Crippen molar-refractivity contribution in [2.24, 2.45) is 0 Å². The Morgan fingerprint density at radius 1 is 1.24 bits per heavy atom. The second-order valence-electron chi connectivity index (χ2n) is 3.97. The summed E-state index contributed by atoms with van der Waals surface area (Å²) in [6.45, 7) is 3.67. The molecular weight excluding hydrogens is 230 g/mol. The maximum Gasteiger partial charge on any atom is 0.0733 e. The summed E-state index contributed by atoms with van der Waals surface area (Å²) in [4.78, 5) is 1.39. The van der Waals surface area contributed by atoms with Crippen LogP contribution < -0.4 is 5.32 Å². The largest absolute Gasteiger partial charge is 0.380 e. The molecule has 0 amide bonds. The number of benzene rings is 1. The molecule has 2 nitrogen and oxygen atoms in total. The Kier molecular flexibility index (Phi) is 4.18. The van der Waals surface area contributed by atoms with Crippen LogP contribution in [0.15, 0.2) is 35.7 Å². The molecule has 0 spiro atoms.